The number of nitrogens with two attached hydrogens (primary N) is 1. The summed E-state index contributed by atoms with van der Waals surface area (Å²) >= 11 is 6.06. The second kappa shape index (κ2) is 4.44. The summed E-state index contributed by atoms with van der Waals surface area (Å²) in [6.45, 7) is 1.72. The van der Waals surface area contributed by atoms with Gasteiger partial charge in [-0.2, -0.15) is 0 Å². The largest absolute Gasteiger partial charge is 0.384 e. The molecular formula is C13H16ClN3O. The quantitative estimate of drug-likeness (QED) is 0.635. The summed E-state index contributed by atoms with van der Waals surface area (Å²) in [4.78, 5) is 2.24. The zero-order valence-corrected chi connectivity index (χ0v) is 10.8. The second-order valence-corrected chi connectivity index (χ2v) is 5.37. The first-order chi connectivity index (χ1) is 8.63. The monoisotopic (exact) mass is 265 g/mol. The van der Waals surface area contributed by atoms with Gasteiger partial charge in [0.1, 0.15) is 5.84 Å². The highest BCUT2D eigenvalue weighted by atomic mass is 35.5. The number of halogens is 1. The van der Waals surface area contributed by atoms with Crippen LogP contribution in [0.25, 0.3) is 0 Å². The number of hydrogen-bond donors (Lipinski definition) is 2. The standard InChI is InChI=1S/C13H16ClN3O/c14-8-1-4-11(13(15)16)12(5-8)17-6-9-2-3-10(7-17)18-9/h1,4-5,9-10H,2-3,6-7H2,(H3,15,16). The van der Waals surface area contributed by atoms with Crippen LogP contribution < -0.4 is 10.6 Å². The van der Waals surface area contributed by atoms with Crippen LogP contribution in [0.3, 0.4) is 0 Å². The fraction of sp³-hybridized carbons (Fsp3) is 0.462. The average Bonchev–Trinajstić information content (AvgIpc) is 2.67. The maximum atomic E-state index is 7.66. The van der Waals surface area contributed by atoms with Crippen LogP contribution in [-0.2, 0) is 4.74 Å². The first kappa shape index (κ1) is 11.8. The van der Waals surface area contributed by atoms with E-state index in [0.29, 0.717) is 17.2 Å². The molecule has 96 valence electrons. The second-order valence-electron chi connectivity index (χ2n) is 4.94. The third-order valence-electron chi connectivity index (χ3n) is 3.63. The van der Waals surface area contributed by atoms with Crippen molar-refractivity contribution in [2.24, 2.45) is 5.73 Å². The van der Waals surface area contributed by atoms with Gasteiger partial charge < -0.3 is 15.4 Å². The lowest BCUT2D eigenvalue weighted by atomic mass is 10.1. The summed E-state index contributed by atoms with van der Waals surface area (Å²) in [7, 11) is 0. The number of ether oxygens (including phenoxy) is 1. The van der Waals surface area contributed by atoms with E-state index in [0.717, 1.165) is 37.2 Å². The Morgan fingerprint density at radius 3 is 2.61 bits per heavy atom. The summed E-state index contributed by atoms with van der Waals surface area (Å²) in [6, 6.07) is 5.48. The molecule has 2 unspecified atom stereocenters. The third kappa shape index (κ3) is 2.06. The Hall–Kier alpha value is -1.26. The fourth-order valence-electron chi connectivity index (χ4n) is 2.81. The molecule has 1 aromatic rings. The van der Waals surface area contributed by atoms with E-state index in [2.05, 4.69) is 4.90 Å². The van der Waals surface area contributed by atoms with Crippen LogP contribution in [0.1, 0.15) is 18.4 Å². The van der Waals surface area contributed by atoms with Crippen molar-refractivity contribution in [3.05, 3.63) is 28.8 Å². The Morgan fingerprint density at radius 1 is 1.33 bits per heavy atom. The van der Waals surface area contributed by atoms with Crippen LogP contribution >= 0.6 is 11.6 Å². The van der Waals surface area contributed by atoms with Crippen LogP contribution in [-0.4, -0.2) is 31.1 Å². The predicted octanol–water partition coefficient (Wildman–Crippen LogP) is 1.99. The highest BCUT2D eigenvalue weighted by Gasteiger charge is 2.34. The lowest BCUT2D eigenvalue weighted by molar-refractivity contribution is 0.0305. The van der Waals surface area contributed by atoms with Gasteiger partial charge in [-0.05, 0) is 31.0 Å². The molecule has 0 amide bonds. The number of nitrogens with zero attached hydrogens (tertiary/aromatic N) is 1. The number of anilines is 1. The number of benzene rings is 1. The molecule has 1 aromatic carbocycles. The third-order valence-corrected chi connectivity index (χ3v) is 3.87. The minimum atomic E-state index is 0.0838. The van der Waals surface area contributed by atoms with Crippen molar-refractivity contribution in [3.8, 4) is 0 Å². The molecule has 2 aliphatic rings. The number of hydrogen-bond acceptors (Lipinski definition) is 3. The number of amidine groups is 1. The Balaban J connectivity index is 1.95. The summed E-state index contributed by atoms with van der Waals surface area (Å²) in [5.41, 5.74) is 7.34. The molecule has 0 aliphatic carbocycles. The SMILES string of the molecule is N=C(N)c1ccc(Cl)cc1N1CC2CCC(C1)O2. The molecule has 0 spiro atoms. The summed E-state index contributed by atoms with van der Waals surface area (Å²) < 4.78 is 5.82. The molecule has 2 aliphatic heterocycles. The van der Waals surface area contributed by atoms with E-state index >= 15 is 0 Å². The smallest absolute Gasteiger partial charge is 0.124 e. The average molecular weight is 266 g/mol. The lowest BCUT2D eigenvalue weighted by Gasteiger charge is -2.35. The molecular weight excluding hydrogens is 250 g/mol. The van der Waals surface area contributed by atoms with E-state index < -0.39 is 0 Å². The molecule has 0 saturated carbocycles. The van der Waals surface area contributed by atoms with Crippen LogP contribution in [0.5, 0.6) is 0 Å². The van der Waals surface area contributed by atoms with Gasteiger partial charge in [-0.1, -0.05) is 11.6 Å². The van der Waals surface area contributed by atoms with Gasteiger partial charge in [-0.25, -0.2) is 0 Å². The number of fused-ring (bicyclic) bond motifs is 2. The van der Waals surface area contributed by atoms with Crippen molar-refractivity contribution in [3.63, 3.8) is 0 Å². The van der Waals surface area contributed by atoms with Gasteiger partial charge >= 0.3 is 0 Å². The van der Waals surface area contributed by atoms with Crippen LogP contribution in [0.2, 0.25) is 5.02 Å². The molecule has 2 heterocycles. The Labute approximate surface area is 111 Å². The molecule has 2 fully saturated rings. The normalized spacial score (nSPS) is 26.4. The molecule has 18 heavy (non-hydrogen) atoms. The lowest BCUT2D eigenvalue weighted by Crippen LogP contribution is -2.43. The minimum absolute atomic E-state index is 0.0838. The number of rotatable bonds is 2. The first-order valence-corrected chi connectivity index (χ1v) is 6.55. The van der Waals surface area contributed by atoms with Gasteiger partial charge in [-0.15, -0.1) is 0 Å². The van der Waals surface area contributed by atoms with Gasteiger partial charge in [0, 0.05) is 29.4 Å². The Kier molecular flexibility index (Phi) is 2.92. The number of nitrogens with one attached hydrogen (secondary N) is 1. The molecule has 2 bridgehead atoms. The van der Waals surface area contributed by atoms with Crippen LogP contribution in [0, 0.1) is 5.41 Å². The van der Waals surface area contributed by atoms with E-state index in [4.69, 9.17) is 27.5 Å². The highest BCUT2D eigenvalue weighted by Crippen LogP contribution is 2.32. The predicted molar refractivity (Wildman–Crippen MR) is 72.6 cm³/mol. The van der Waals surface area contributed by atoms with Gasteiger partial charge in [0.25, 0.3) is 0 Å². The van der Waals surface area contributed by atoms with E-state index in [-0.39, 0.29) is 5.84 Å². The topological polar surface area (TPSA) is 62.3 Å². The van der Waals surface area contributed by atoms with E-state index in [1.165, 1.54) is 0 Å². The maximum Gasteiger partial charge on any atom is 0.124 e. The van der Waals surface area contributed by atoms with Crippen molar-refractivity contribution >= 4 is 23.1 Å². The van der Waals surface area contributed by atoms with Gasteiger partial charge in [-0.3, -0.25) is 5.41 Å². The first-order valence-electron chi connectivity index (χ1n) is 6.18. The van der Waals surface area contributed by atoms with Gasteiger partial charge in [0.2, 0.25) is 0 Å². The van der Waals surface area contributed by atoms with Gasteiger partial charge in [0.05, 0.1) is 12.2 Å². The Morgan fingerprint density at radius 2 is 2.00 bits per heavy atom. The number of morpholine rings is 1. The summed E-state index contributed by atoms with van der Waals surface area (Å²) in [6.07, 6.45) is 2.86. The van der Waals surface area contributed by atoms with E-state index in [9.17, 15) is 0 Å². The van der Waals surface area contributed by atoms with Crippen molar-refractivity contribution in [2.45, 2.75) is 25.0 Å². The minimum Gasteiger partial charge on any atom is -0.384 e. The summed E-state index contributed by atoms with van der Waals surface area (Å²) in [5, 5.41) is 8.33. The van der Waals surface area contributed by atoms with Crippen molar-refractivity contribution in [1.82, 2.24) is 0 Å². The van der Waals surface area contributed by atoms with Crippen LogP contribution in [0.4, 0.5) is 5.69 Å². The molecule has 0 radical (unpaired) electrons. The fourth-order valence-corrected chi connectivity index (χ4v) is 2.97. The highest BCUT2D eigenvalue weighted by molar-refractivity contribution is 6.31. The van der Waals surface area contributed by atoms with Crippen molar-refractivity contribution < 1.29 is 4.74 Å². The van der Waals surface area contributed by atoms with Crippen LogP contribution in [0.15, 0.2) is 18.2 Å². The zero-order valence-electron chi connectivity index (χ0n) is 10.0. The summed E-state index contributed by atoms with van der Waals surface area (Å²) in [5.74, 6) is 0.0838. The van der Waals surface area contributed by atoms with Crippen molar-refractivity contribution in [2.75, 3.05) is 18.0 Å². The molecule has 0 aromatic heterocycles. The maximum absolute atomic E-state index is 7.66. The molecule has 2 atom stereocenters. The molecule has 2 saturated heterocycles. The molecule has 3 rings (SSSR count). The Bertz CT molecular complexity index is 479. The van der Waals surface area contributed by atoms with Gasteiger partial charge in [0.15, 0.2) is 0 Å². The van der Waals surface area contributed by atoms with E-state index in [1.807, 2.05) is 12.1 Å². The van der Waals surface area contributed by atoms with Crippen molar-refractivity contribution in [1.29, 1.82) is 5.41 Å². The van der Waals surface area contributed by atoms with E-state index in [1.54, 1.807) is 6.07 Å². The molecule has 3 N–H and O–H groups in total. The molecule has 4 nitrogen and oxygen atoms in total. The molecule has 5 heteroatoms. The zero-order chi connectivity index (χ0) is 12.7. The number of nitrogen functional groups attached to an aromatic ring is 1.